The molecule has 1 unspecified atom stereocenters. The van der Waals surface area contributed by atoms with Crippen LogP contribution in [0.3, 0.4) is 0 Å². The number of fused-ring (bicyclic) bond motifs is 1. The SMILES string of the molecule is CC1c2cc(OC(F)F)ccc2NN1C. The Kier molecular flexibility index (Phi) is 2.48. The van der Waals surface area contributed by atoms with Gasteiger partial charge in [-0.25, -0.2) is 5.01 Å². The second kappa shape index (κ2) is 3.66. The summed E-state index contributed by atoms with van der Waals surface area (Å²) in [6.45, 7) is -0.782. The van der Waals surface area contributed by atoms with E-state index in [2.05, 4.69) is 10.2 Å². The normalized spacial score (nSPS) is 20.2. The van der Waals surface area contributed by atoms with Crippen molar-refractivity contribution >= 4 is 5.69 Å². The fourth-order valence-electron chi connectivity index (χ4n) is 1.66. The van der Waals surface area contributed by atoms with Crippen LogP contribution in [0.15, 0.2) is 18.2 Å². The lowest BCUT2D eigenvalue weighted by Gasteiger charge is -2.14. The average Bonchev–Trinajstić information content (AvgIpc) is 2.43. The van der Waals surface area contributed by atoms with Gasteiger partial charge in [0.2, 0.25) is 0 Å². The van der Waals surface area contributed by atoms with Crippen LogP contribution < -0.4 is 10.2 Å². The summed E-state index contributed by atoms with van der Waals surface area (Å²) < 4.78 is 28.3. The molecule has 0 saturated heterocycles. The molecule has 1 aliphatic rings. The molecule has 0 aromatic heterocycles. The summed E-state index contributed by atoms with van der Waals surface area (Å²) >= 11 is 0. The summed E-state index contributed by atoms with van der Waals surface area (Å²) in [6, 6.07) is 5.07. The minimum absolute atomic E-state index is 0.154. The van der Waals surface area contributed by atoms with Gasteiger partial charge in [-0.3, -0.25) is 0 Å². The van der Waals surface area contributed by atoms with Gasteiger partial charge in [0.15, 0.2) is 0 Å². The summed E-state index contributed by atoms with van der Waals surface area (Å²) in [7, 11) is 1.90. The topological polar surface area (TPSA) is 24.5 Å². The van der Waals surface area contributed by atoms with Gasteiger partial charge < -0.3 is 10.2 Å². The van der Waals surface area contributed by atoms with Crippen molar-refractivity contribution in [2.24, 2.45) is 0 Å². The second-order valence-corrected chi connectivity index (χ2v) is 3.53. The van der Waals surface area contributed by atoms with E-state index in [1.165, 1.54) is 6.07 Å². The predicted octanol–water partition coefficient (Wildman–Crippen LogP) is 2.62. The number of hydrazine groups is 1. The first kappa shape index (κ1) is 10.2. The summed E-state index contributed by atoms with van der Waals surface area (Å²) in [5.74, 6) is 0.202. The Hall–Kier alpha value is -1.36. The van der Waals surface area contributed by atoms with E-state index in [1.54, 1.807) is 12.1 Å². The van der Waals surface area contributed by atoms with Crippen LogP contribution in [-0.4, -0.2) is 18.7 Å². The maximum Gasteiger partial charge on any atom is 0.387 e. The van der Waals surface area contributed by atoms with E-state index < -0.39 is 6.61 Å². The van der Waals surface area contributed by atoms with E-state index in [1.807, 2.05) is 19.0 Å². The smallest absolute Gasteiger partial charge is 0.387 e. The third-order valence-electron chi connectivity index (χ3n) is 2.58. The maximum atomic E-state index is 12.0. The highest BCUT2D eigenvalue weighted by atomic mass is 19.3. The maximum absolute atomic E-state index is 12.0. The van der Waals surface area contributed by atoms with E-state index >= 15 is 0 Å². The Bertz CT molecular complexity index is 370. The van der Waals surface area contributed by atoms with Crippen LogP contribution in [0.1, 0.15) is 18.5 Å². The molecule has 0 aliphatic carbocycles. The van der Waals surface area contributed by atoms with Gasteiger partial charge >= 0.3 is 6.61 Å². The molecule has 1 aromatic carbocycles. The lowest BCUT2D eigenvalue weighted by atomic mass is 10.1. The van der Waals surface area contributed by atoms with Crippen molar-refractivity contribution in [3.8, 4) is 5.75 Å². The quantitative estimate of drug-likeness (QED) is 0.819. The fraction of sp³-hybridized carbons (Fsp3) is 0.400. The van der Waals surface area contributed by atoms with Gasteiger partial charge in [0.1, 0.15) is 5.75 Å². The van der Waals surface area contributed by atoms with Crippen LogP contribution in [-0.2, 0) is 0 Å². The lowest BCUT2D eigenvalue weighted by Crippen LogP contribution is -2.20. The third kappa shape index (κ3) is 1.87. The Balaban J connectivity index is 2.27. The molecule has 0 bridgehead atoms. The van der Waals surface area contributed by atoms with Crippen LogP contribution >= 0.6 is 0 Å². The number of hydrogen-bond donors (Lipinski definition) is 1. The largest absolute Gasteiger partial charge is 0.435 e. The van der Waals surface area contributed by atoms with Gasteiger partial charge in [-0.15, -0.1) is 0 Å². The molecule has 1 aromatic rings. The highest BCUT2D eigenvalue weighted by Gasteiger charge is 2.23. The minimum atomic E-state index is -2.77. The van der Waals surface area contributed by atoms with Gasteiger partial charge in [-0.05, 0) is 30.7 Å². The number of alkyl halides is 2. The molecule has 1 heterocycles. The van der Waals surface area contributed by atoms with Gasteiger partial charge in [-0.2, -0.15) is 8.78 Å². The number of anilines is 1. The van der Waals surface area contributed by atoms with Crippen LogP contribution in [0, 0.1) is 0 Å². The molecule has 1 N–H and O–H groups in total. The summed E-state index contributed by atoms with van der Waals surface area (Å²) in [4.78, 5) is 0. The first-order chi connectivity index (χ1) is 7.08. The van der Waals surface area contributed by atoms with E-state index in [9.17, 15) is 8.78 Å². The average molecular weight is 214 g/mol. The monoisotopic (exact) mass is 214 g/mol. The van der Waals surface area contributed by atoms with Crippen LogP contribution in [0.4, 0.5) is 14.5 Å². The molecule has 0 fully saturated rings. The molecular weight excluding hydrogens is 202 g/mol. The van der Waals surface area contributed by atoms with Crippen LogP contribution in [0.2, 0.25) is 0 Å². The first-order valence-electron chi connectivity index (χ1n) is 4.66. The molecule has 1 atom stereocenters. The zero-order valence-electron chi connectivity index (χ0n) is 8.50. The molecule has 0 spiro atoms. The summed E-state index contributed by atoms with van der Waals surface area (Å²) in [5.41, 5.74) is 5.02. The fourth-order valence-corrected chi connectivity index (χ4v) is 1.66. The van der Waals surface area contributed by atoms with E-state index in [4.69, 9.17) is 0 Å². The number of benzene rings is 1. The Morgan fingerprint density at radius 1 is 1.47 bits per heavy atom. The van der Waals surface area contributed by atoms with Gasteiger partial charge in [0, 0.05) is 7.05 Å². The molecule has 5 heteroatoms. The molecule has 0 saturated carbocycles. The van der Waals surface area contributed by atoms with Crippen molar-refractivity contribution in [1.29, 1.82) is 0 Å². The van der Waals surface area contributed by atoms with Gasteiger partial charge in [0.05, 0.1) is 11.7 Å². The Morgan fingerprint density at radius 3 is 2.87 bits per heavy atom. The molecule has 1 aliphatic heterocycles. The molecule has 82 valence electrons. The number of nitrogens with zero attached hydrogens (tertiary/aromatic N) is 1. The third-order valence-corrected chi connectivity index (χ3v) is 2.58. The van der Waals surface area contributed by atoms with E-state index in [0.717, 1.165) is 11.3 Å². The molecule has 15 heavy (non-hydrogen) atoms. The van der Waals surface area contributed by atoms with Crippen molar-refractivity contribution < 1.29 is 13.5 Å². The zero-order valence-corrected chi connectivity index (χ0v) is 8.50. The highest BCUT2D eigenvalue weighted by Crippen LogP contribution is 2.36. The van der Waals surface area contributed by atoms with Crippen LogP contribution in [0.5, 0.6) is 5.75 Å². The molecule has 3 nitrogen and oxygen atoms in total. The van der Waals surface area contributed by atoms with Crippen molar-refractivity contribution in [2.75, 3.05) is 12.5 Å². The van der Waals surface area contributed by atoms with Gasteiger partial charge in [-0.1, -0.05) is 0 Å². The standard InChI is InChI=1S/C10H12F2N2O/c1-6-8-5-7(15-10(11)12)3-4-9(8)13-14(6)2/h3-6,10,13H,1-2H3. The number of ether oxygens (including phenoxy) is 1. The Morgan fingerprint density at radius 2 is 2.20 bits per heavy atom. The molecular formula is C10H12F2N2O. The van der Waals surface area contributed by atoms with E-state index in [-0.39, 0.29) is 11.8 Å². The van der Waals surface area contributed by atoms with Crippen molar-refractivity contribution in [2.45, 2.75) is 19.6 Å². The number of rotatable bonds is 2. The van der Waals surface area contributed by atoms with Crippen molar-refractivity contribution in [1.82, 2.24) is 5.01 Å². The zero-order chi connectivity index (χ0) is 11.0. The van der Waals surface area contributed by atoms with Gasteiger partial charge in [0.25, 0.3) is 0 Å². The van der Waals surface area contributed by atoms with E-state index in [0.29, 0.717) is 0 Å². The molecule has 2 rings (SSSR count). The summed E-state index contributed by atoms with van der Waals surface area (Å²) in [6.07, 6.45) is 0. The first-order valence-corrected chi connectivity index (χ1v) is 4.66. The number of hydrogen-bond acceptors (Lipinski definition) is 3. The lowest BCUT2D eigenvalue weighted by molar-refractivity contribution is -0.0498. The second-order valence-electron chi connectivity index (χ2n) is 3.53. The predicted molar refractivity (Wildman–Crippen MR) is 52.9 cm³/mol. The summed E-state index contributed by atoms with van der Waals surface area (Å²) in [5, 5.41) is 1.91. The molecule has 0 amide bonds. The number of halogens is 2. The highest BCUT2D eigenvalue weighted by molar-refractivity contribution is 5.58. The Labute approximate surface area is 86.6 Å². The molecule has 0 radical (unpaired) electrons. The number of nitrogens with one attached hydrogen (secondary N) is 1. The van der Waals surface area contributed by atoms with Crippen molar-refractivity contribution in [3.05, 3.63) is 23.8 Å². The van der Waals surface area contributed by atoms with Crippen LogP contribution in [0.25, 0.3) is 0 Å². The minimum Gasteiger partial charge on any atom is -0.435 e. The van der Waals surface area contributed by atoms with Crippen molar-refractivity contribution in [3.63, 3.8) is 0 Å².